The predicted molar refractivity (Wildman–Crippen MR) is 83.7 cm³/mol. The van der Waals surface area contributed by atoms with Gasteiger partial charge in [-0.05, 0) is 38.5 Å². The van der Waals surface area contributed by atoms with Crippen molar-refractivity contribution >= 4 is 5.65 Å². The smallest absolute Gasteiger partial charge is 0.266 e. The van der Waals surface area contributed by atoms with Gasteiger partial charge in [0.1, 0.15) is 17.7 Å². The molecule has 0 radical (unpaired) electrons. The lowest BCUT2D eigenvalue weighted by molar-refractivity contribution is 0.579. The molecule has 0 spiro atoms. The minimum atomic E-state index is 0.402. The summed E-state index contributed by atoms with van der Waals surface area (Å²) >= 11 is 0. The van der Waals surface area contributed by atoms with E-state index in [9.17, 15) is 0 Å². The van der Waals surface area contributed by atoms with E-state index in [2.05, 4.69) is 25.1 Å². The Morgan fingerprint density at radius 1 is 1.04 bits per heavy atom. The molecule has 0 saturated heterocycles. The van der Waals surface area contributed by atoms with Gasteiger partial charge in [-0.2, -0.15) is 0 Å². The lowest BCUT2D eigenvalue weighted by Crippen LogP contribution is -1.89. The normalized spacial score (nSPS) is 11.3. The van der Waals surface area contributed by atoms with E-state index in [0.29, 0.717) is 11.8 Å². The lowest BCUT2D eigenvalue weighted by atomic mass is 10.2. The number of hydrogen-bond acceptors (Lipinski definition) is 6. The summed E-state index contributed by atoms with van der Waals surface area (Å²) in [5, 5.41) is 8.31. The van der Waals surface area contributed by atoms with E-state index < -0.39 is 0 Å². The molecule has 7 heteroatoms. The van der Waals surface area contributed by atoms with Crippen molar-refractivity contribution < 1.29 is 4.42 Å². The molecule has 0 aromatic carbocycles. The van der Waals surface area contributed by atoms with Crippen molar-refractivity contribution in [3.8, 4) is 23.0 Å². The van der Waals surface area contributed by atoms with E-state index >= 15 is 0 Å². The number of imidazole rings is 1. The molecule has 0 aliphatic carbocycles. The SMILES string of the molecule is Cc1ccn2c(-c3nnc(-c4cncnc4C)o3)c(C)nc2c1. The summed E-state index contributed by atoms with van der Waals surface area (Å²) in [7, 11) is 0. The van der Waals surface area contributed by atoms with Crippen LogP contribution in [0.15, 0.2) is 35.3 Å². The second-order valence-corrected chi connectivity index (χ2v) is 5.41. The van der Waals surface area contributed by atoms with Gasteiger partial charge in [-0.15, -0.1) is 10.2 Å². The molecule has 4 aromatic rings. The zero-order valence-electron chi connectivity index (χ0n) is 13.0. The van der Waals surface area contributed by atoms with Crippen LogP contribution in [-0.4, -0.2) is 29.5 Å². The molecule has 0 amide bonds. The first-order valence-corrected chi connectivity index (χ1v) is 7.19. The average molecular weight is 306 g/mol. The zero-order chi connectivity index (χ0) is 16.0. The fourth-order valence-corrected chi connectivity index (χ4v) is 2.55. The van der Waals surface area contributed by atoms with Crippen LogP contribution in [-0.2, 0) is 0 Å². The molecule has 4 heterocycles. The Kier molecular flexibility index (Phi) is 2.94. The van der Waals surface area contributed by atoms with E-state index in [0.717, 1.165) is 33.9 Å². The minimum Gasteiger partial charge on any atom is -0.414 e. The molecule has 0 bridgehead atoms. The molecule has 23 heavy (non-hydrogen) atoms. The van der Waals surface area contributed by atoms with Crippen molar-refractivity contribution in [2.45, 2.75) is 20.8 Å². The van der Waals surface area contributed by atoms with Crippen LogP contribution in [0.2, 0.25) is 0 Å². The Morgan fingerprint density at radius 3 is 2.70 bits per heavy atom. The van der Waals surface area contributed by atoms with Crippen LogP contribution in [0.25, 0.3) is 28.7 Å². The van der Waals surface area contributed by atoms with Gasteiger partial charge in [0, 0.05) is 12.4 Å². The monoisotopic (exact) mass is 306 g/mol. The van der Waals surface area contributed by atoms with Gasteiger partial charge in [-0.3, -0.25) is 4.40 Å². The Morgan fingerprint density at radius 2 is 1.87 bits per heavy atom. The molecule has 0 unspecified atom stereocenters. The van der Waals surface area contributed by atoms with E-state index in [1.54, 1.807) is 6.20 Å². The van der Waals surface area contributed by atoms with Crippen LogP contribution in [0.3, 0.4) is 0 Å². The van der Waals surface area contributed by atoms with Gasteiger partial charge in [0.15, 0.2) is 0 Å². The number of rotatable bonds is 2. The first-order chi connectivity index (χ1) is 11.1. The summed E-state index contributed by atoms with van der Waals surface area (Å²) < 4.78 is 7.80. The van der Waals surface area contributed by atoms with Gasteiger partial charge < -0.3 is 4.42 Å². The number of hydrogen-bond donors (Lipinski definition) is 0. The Bertz CT molecular complexity index is 1020. The molecule has 0 N–H and O–H groups in total. The second-order valence-electron chi connectivity index (χ2n) is 5.41. The fraction of sp³-hybridized carbons (Fsp3) is 0.188. The van der Waals surface area contributed by atoms with Gasteiger partial charge in [0.2, 0.25) is 0 Å². The summed E-state index contributed by atoms with van der Waals surface area (Å²) in [6.45, 7) is 5.84. The summed E-state index contributed by atoms with van der Waals surface area (Å²) in [6, 6.07) is 4.03. The van der Waals surface area contributed by atoms with Crippen molar-refractivity contribution in [3.05, 3.63) is 47.8 Å². The molecule has 0 aliphatic heterocycles. The summed E-state index contributed by atoms with van der Waals surface area (Å²) in [4.78, 5) is 12.7. The van der Waals surface area contributed by atoms with Crippen molar-refractivity contribution in [1.82, 2.24) is 29.5 Å². The van der Waals surface area contributed by atoms with Gasteiger partial charge in [0.25, 0.3) is 11.8 Å². The topological polar surface area (TPSA) is 82.0 Å². The van der Waals surface area contributed by atoms with Crippen molar-refractivity contribution in [3.63, 3.8) is 0 Å². The summed E-state index contributed by atoms with van der Waals surface area (Å²) in [5.74, 6) is 0.830. The Hall–Kier alpha value is -3.09. The largest absolute Gasteiger partial charge is 0.414 e. The molecule has 7 nitrogen and oxygen atoms in total. The Labute approximate surface area is 132 Å². The van der Waals surface area contributed by atoms with Gasteiger partial charge in [-0.1, -0.05) is 0 Å². The van der Waals surface area contributed by atoms with Crippen LogP contribution in [0, 0.1) is 20.8 Å². The molecule has 0 aliphatic rings. The molecular weight excluding hydrogens is 292 g/mol. The van der Waals surface area contributed by atoms with Crippen molar-refractivity contribution in [2.75, 3.05) is 0 Å². The Balaban J connectivity index is 1.87. The lowest BCUT2D eigenvalue weighted by Gasteiger charge is -1.99. The zero-order valence-corrected chi connectivity index (χ0v) is 13.0. The molecule has 114 valence electrons. The quantitative estimate of drug-likeness (QED) is 0.566. The average Bonchev–Trinajstić information content (AvgIpc) is 3.10. The predicted octanol–water partition coefficient (Wildman–Crippen LogP) is 2.77. The summed E-state index contributed by atoms with van der Waals surface area (Å²) in [5.41, 5.74) is 5.17. The third-order valence-corrected chi connectivity index (χ3v) is 3.73. The third-order valence-electron chi connectivity index (χ3n) is 3.73. The first-order valence-electron chi connectivity index (χ1n) is 7.19. The second kappa shape index (κ2) is 4.98. The molecule has 0 fully saturated rings. The van der Waals surface area contributed by atoms with Crippen molar-refractivity contribution in [2.24, 2.45) is 0 Å². The molecular formula is C16H14N6O. The van der Waals surface area contributed by atoms with Crippen LogP contribution in [0.5, 0.6) is 0 Å². The minimum absolute atomic E-state index is 0.402. The highest BCUT2D eigenvalue weighted by atomic mass is 16.4. The molecule has 4 rings (SSSR count). The molecule has 0 saturated carbocycles. The number of pyridine rings is 1. The van der Waals surface area contributed by atoms with E-state index in [1.165, 1.54) is 6.33 Å². The van der Waals surface area contributed by atoms with E-state index in [-0.39, 0.29) is 0 Å². The maximum atomic E-state index is 5.85. The summed E-state index contributed by atoms with van der Waals surface area (Å²) in [6.07, 6.45) is 5.12. The van der Waals surface area contributed by atoms with Gasteiger partial charge in [-0.25, -0.2) is 15.0 Å². The highest BCUT2D eigenvalue weighted by molar-refractivity contribution is 5.62. The number of fused-ring (bicyclic) bond motifs is 1. The van der Waals surface area contributed by atoms with E-state index in [1.807, 2.05) is 43.5 Å². The molecule has 0 atom stereocenters. The van der Waals surface area contributed by atoms with Gasteiger partial charge >= 0.3 is 0 Å². The maximum Gasteiger partial charge on any atom is 0.266 e. The standard InChI is InChI=1S/C16H14N6O/c1-9-4-5-22-13(6-9)19-11(3)14(22)16-21-20-15(23-16)12-7-17-8-18-10(12)2/h4-8H,1-3H3. The van der Waals surface area contributed by atoms with Crippen molar-refractivity contribution in [1.29, 1.82) is 0 Å². The van der Waals surface area contributed by atoms with Crippen LogP contribution in [0.4, 0.5) is 0 Å². The third kappa shape index (κ3) is 2.17. The fourth-order valence-electron chi connectivity index (χ4n) is 2.55. The number of aryl methyl sites for hydroxylation is 3. The number of aromatic nitrogens is 6. The number of nitrogens with zero attached hydrogens (tertiary/aromatic N) is 6. The highest BCUT2D eigenvalue weighted by Crippen LogP contribution is 2.27. The maximum absolute atomic E-state index is 5.85. The first kappa shape index (κ1) is 13.6. The van der Waals surface area contributed by atoms with Crippen LogP contribution in [0.1, 0.15) is 17.0 Å². The van der Waals surface area contributed by atoms with E-state index in [4.69, 9.17) is 4.42 Å². The molecule has 4 aromatic heterocycles. The van der Waals surface area contributed by atoms with Gasteiger partial charge in [0.05, 0.1) is 17.0 Å². The van der Waals surface area contributed by atoms with Crippen LogP contribution >= 0.6 is 0 Å². The highest BCUT2D eigenvalue weighted by Gasteiger charge is 2.19. The van der Waals surface area contributed by atoms with Crippen LogP contribution < -0.4 is 0 Å².